The van der Waals surface area contributed by atoms with Gasteiger partial charge < -0.3 is 0 Å². The Kier molecular flexibility index (Phi) is 5.00. The molecule has 1 aromatic heterocycles. The van der Waals surface area contributed by atoms with Gasteiger partial charge in [-0.1, -0.05) is 23.2 Å². The molecule has 1 heterocycles. The highest BCUT2D eigenvalue weighted by molar-refractivity contribution is 9.10. The maximum Gasteiger partial charge on any atom is 0.417 e. The topological polar surface area (TPSA) is 22.0 Å². The Balaban J connectivity index is 2.70. The quantitative estimate of drug-likeness (QED) is 0.488. The first kappa shape index (κ1) is 19.1. The number of benzene rings is 1. The summed E-state index contributed by atoms with van der Waals surface area (Å²) in [5.74, 6) is 0. The molecular formula is C13H4BrCl2F6NO. The highest BCUT2D eigenvalue weighted by Crippen LogP contribution is 2.38. The molecule has 130 valence electrons. The third kappa shape index (κ3) is 3.73. The van der Waals surface area contributed by atoms with Gasteiger partial charge in [-0.3, -0.25) is 9.36 Å². The summed E-state index contributed by atoms with van der Waals surface area (Å²) in [5.41, 5.74) is -3.90. The molecule has 0 fully saturated rings. The van der Waals surface area contributed by atoms with E-state index in [1.165, 1.54) is 0 Å². The summed E-state index contributed by atoms with van der Waals surface area (Å²) < 4.78 is 76.5. The molecule has 0 amide bonds. The van der Waals surface area contributed by atoms with Crippen LogP contribution in [-0.2, 0) is 12.4 Å². The highest BCUT2D eigenvalue weighted by Gasteiger charge is 2.35. The van der Waals surface area contributed by atoms with Crippen LogP contribution in [0.1, 0.15) is 11.1 Å². The summed E-state index contributed by atoms with van der Waals surface area (Å²) in [5, 5.41) is -1.08. The Morgan fingerprint density at radius 3 is 1.83 bits per heavy atom. The van der Waals surface area contributed by atoms with Crippen molar-refractivity contribution in [1.29, 1.82) is 0 Å². The molecule has 0 unspecified atom stereocenters. The summed E-state index contributed by atoms with van der Waals surface area (Å²) in [6, 6.07) is 1.34. The summed E-state index contributed by atoms with van der Waals surface area (Å²) in [7, 11) is 0. The van der Waals surface area contributed by atoms with E-state index in [0.29, 0.717) is 16.7 Å². The number of hydrogen-bond acceptors (Lipinski definition) is 1. The molecule has 24 heavy (non-hydrogen) atoms. The molecule has 0 saturated heterocycles. The predicted molar refractivity (Wildman–Crippen MR) is 79.8 cm³/mol. The highest BCUT2D eigenvalue weighted by atomic mass is 79.9. The van der Waals surface area contributed by atoms with E-state index in [-0.39, 0.29) is 11.8 Å². The molecule has 0 aliphatic rings. The fraction of sp³-hybridized carbons (Fsp3) is 0.154. The first-order valence-corrected chi connectivity index (χ1v) is 7.43. The van der Waals surface area contributed by atoms with Crippen LogP contribution in [0, 0.1) is 0 Å². The Hall–Kier alpha value is -1.19. The Labute approximate surface area is 148 Å². The van der Waals surface area contributed by atoms with Gasteiger partial charge in [0.2, 0.25) is 0 Å². The fourth-order valence-electron chi connectivity index (χ4n) is 1.86. The van der Waals surface area contributed by atoms with Gasteiger partial charge in [0.1, 0.15) is 0 Å². The van der Waals surface area contributed by atoms with Crippen molar-refractivity contribution in [2.24, 2.45) is 0 Å². The van der Waals surface area contributed by atoms with E-state index in [2.05, 4.69) is 15.9 Å². The van der Waals surface area contributed by atoms with Crippen LogP contribution in [0.5, 0.6) is 0 Å². The zero-order valence-corrected chi connectivity index (χ0v) is 14.2. The third-order valence-electron chi connectivity index (χ3n) is 2.90. The van der Waals surface area contributed by atoms with Crippen LogP contribution in [0.4, 0.5) is 26.3 Å². The van der Waals surface area contributed by atoms with Crippen LogP contribution in [0.15, 0.2) is 33.7 Å². The minimum absolute atomic E-state index is 0.286. The second-order valence-corrected chi connectivity index (χ2v) is 6.20. The Bertz CT molecular complexity index is 836. The molecule has 0 bridgehead atoms. The molecule has 0 radical (unpaired) electrons. The van der Waals surface area contributed by atoms with E-state index in [0.717, 1.165) is 6.20 Å². The van der Waals surface area contributed by atoms with Crippen molar-refractivity contribution in [3.8, 4) is 5.69 Å². The van der Waals surface area contributed by atoms with Gasteiger partial charge in [-0.2, -0.15) is 26.3 Å². The van der Waals surface area contributed by atoms with Crippen LogP contribution in [0.3, 0.4) is 0 Å². The van der Waals surface area contributed by atoms with Crippen LogP contribution in [0.25, 0.3) is 5.69 Å². The maximum atomic E-state index is 12.8. The smallest absolute Gasteiger partial charge is 0.280 e. The molecule has 0 aliphatic heterocycles. The van der Waals surface area contributed by atoms with Crippen LogP contribution in [-0.4, -0.2) is 4.57 Å². The summed E-state index contributed by atoms with van der Waals surface area (Å²) in [6.45, 7) is 0. The lowest BCUT2D eigenvalue weighted by Gasteiger charge is -2.16. The maximum absolute atomic E-state index is 12.8. The summed E-state index contributed by atoms with van der Waals surface area (Å²) >= 11 is 14.2. The van der Waals surface area contributed by atoms with E-state index >= 15 is 0 Å². The lowest BCUT2D eigenvalue weighted by Crippen LogP contribution is -2.22. The van der Waals surface area contributed by atoms with Crippen molar-refractivity contribution in [3.63, 3.8) is 0 Å². The number of nitrogens with zero attached hydrogens (tertiary/aromatic N) is 1. The predicted octanol–water partition coefficient (Wildman–Crippen LogP) is 5.94. The number of hydrogen-bond donors (Lipinski definition) is 0. The van der Waals surface area contributed by atoms with E-state index in [1.807, 2.05) is 0 Å². The Morgan fingerprint density at radius 1 is 0.917 bits per heavy atom. The lowest BCUT2D eigenvalue weighted by atomic mass is 10.2. The number of alkyl halides is 6. The van der Waals surface area contributed by atoms with Crippen molar-refractivity contribution in [1.82, 2.24) is 4.57 Å². The van der Waals surface area contributed by atoms with Crippen LogP contribution >= 0.6 is 39.1 Å². The van der Waals surface area contributed by atoms with Gasteiger partial charge in [0.05, 0.1) is 26.9 Å². The van der Waals surface area contributed by atoms with Crippen molar-refractivity contribution >= 4 is 39.1 Å². The Morgan fingerprint density at radius 2 is 1.42 bits per heavy atom. The number of pyridine rings is 1. The molecule has 2 aromatic rings. The number of rotatable bonds is 1. The average molecular weight is 455 g/mol. The molecule has 0 spiro atoms. The van der Waals surface area contributed by atoms with Crippen molar-refractivity contribution in [2.75, 3.05) is 0 Å². The zero-order chi connectivity index (χ0) is 18.4. The number of halogens is 9. The molecule has 11 heteroatoms. The van der Waals surface area contributed by atoms with E-state index in [9.17, 15) is 31.1 Å². The van der Waals surface area contributed by atoms with E-state index in [1.54, 1.807) is 0 Å². The summed E-state index contributed by atoms with van der Waals surface area (Å²) in [6.07, 6.45) is -8.77. The van der Waals surface area contributed by atoms with E-state index in [4.69, 9.17) is 23.2 Å². The minimum atomic E-state index is -4.79. The van der Waals surface area contributed by atoms with Crippen molar-refractivity contribution < 1.29 is 26.3 Å². The molecule has 0 N–H and O–H groups in total. The monoisotopic (exact) mass is 453 g/mol. The van der Waals surface area contributed by atoms with Gasteiger partial charge in [0.15, 0.2) is 0 Å². The standard InChI is InChI=1S/C13H4BrCl2F6NO/c14-7-4-23(10(24)3-6(7)13(20,21)22)11-8(15)1-5(2-9(11)16)12(17,18)19/h1-4H. The largest absolute Gasteiger partial charge is 0.417 e. The van der Waals surface area contributed by atoms with Gasteiger partial charge in [-0.05, 0) is 28.1 Å². The molecular weight excluding hydrogens is 451 g/mol. The van der Waals surface area contributed by atoms with Gasteiger partial charge >= 0.3 is 12.4 Å². The SMILES string of the molecule is O=c1cc(C(F)(F)F)c(Br)cn1-c1c(Cl)cc(C(F)(F)F)cc1Cl. The van der Waals surface area contributed by atoms with Crippen molar-refractivity contribution in [3.05, 3.63) is 60.4 Å². The fourth-order valence-corrected chi connectivity index (χ4v) is 3.07. The second-order valence-electron chi connectivity index (χ2n) is 4.53. The van der Waals surface area contributed by atoms with Gasteiger partial charge in [0, 0.05) is 16.7 Å². The third-order valence-corrected chi connectivity index (χ3v) is 4.10. The summed E-state index contributed by atoms with van der Waals surface area (Å²) in [4.78, 5) is 11.9. The van der Waals surface area contributed by atoms with Gasteiger partial charge in [-0.15, -0.1) is 0 Å². The van der Waals surface area contributed by atoms with Crippen LogP contribution in [0.2, 0.25) is 10.0 Å². The molecule has 0 aliphatic carbocycles. The second kappa shape index (κ2) is 6.27. The van der Waals surface area contributed by atoms with Crippen LogP contribution < -0.4 is 5.56 Å². The normalized spacial score (nSPS) is 12.5. The zero-order valence-electron chi connectivity index (χ0n) is 11.1. The van der Waals surface area contributed by atoms with Gasteiger partial charge in [0.25, 0.3) is 5.56 Å². The molecule has 1 aromatic carbocycles. The number of aromatic nitrogens is 1. The minimum Gasteiger partial charge on any atom is -0.280 e. The molecule has 0 saturated carbocycles. The average Bonchev–Trinajstić information content (AvgIpc) is 2.39. The van der Waals surface area contributed by atoms with Gasteiger partial charge in [-0.25, -0.2) is 0 Å². The van der Waals surface area contributed by atoms with Crippen molar-refractivity contribution in [2.45, 2.75) is 12.4 Å². The molecule has 2 nitrogen and oxygen atoms in total. The lowest BCUT2D eigenvalue weighted by molar-refractivity contribution is -0.138. The molecule has 0 atom stereocenters. The molecule has 2 rings (SSSR count). The first-order valence-electron chi connectivity index (χ1n) is 5.88. The van der Waals surface area contributed by atoms with E-state index < -0.39 is 43.6 Å². The first-order chi connectivity index (χ1) is 10.8.